The highest BCUT2D eigenvalue weighted by Gasteiger charge is 2.25. The van der Waals surface area contributed by atoms with E-state index in [1.165, 1.54) is 11.8 Å². The van der Waals surface area contributed by atoms with Gasteiger partial charge < -0.3 is 4.42 Å². The van der Waals surface area contributed by atoms with Crippen LogP contribution >= 0.6 is 15.9 Å². The van der Waals surface area contributed by atoms with E-state index in [-0.39, 0.29) is 6.54 Å². The molecule has 124 valence electrons. The fourth-order valence-corrected chi connectivity index (χ4v) is 5.37. The van der Waals surface area contributed by atoms with Crippen LogP contribution in [0.15, 0.2) is 56.4 Å². The largest absolute Gasteiger partial charge is 0.468 e. The van der Waals surface area contributed by atoms with E-state index in [4.69, 9.17) is 4.42 Å². The van der Waals surface area contributed by atoms with Crippen molar-refractivity contribution >= 4 is 36.7 Å². The molecule has 1 N–H and O–H groups in total. The zero-order valence-corrected chi connectivity index (χ0v) is 15.3. The average Bonchev–Trinajstić information content (AvgIpc) is 3.10. The molecule has 0 saturated heterocycles. The van der Waals surface area contributed by atoms with Gasteiger partial charge in [-0.25, -0.2) is 13.1 Å². The molecule has 0 fully saturated rings. The first-order chi connectivity index (χ1) is 11.6. The van der Waals surface area contributed by atoms with Crippen molar-refractivity contribution in [1.82, 2.24) is 4.72 Å². The van der Waals surface area contributed by atoms with Gasteiger partial charge in [-0.2, -0.15) is 0 Å². The molecule has 24 heavy (non-hydrogen) atoms. The van der Waals surface area contributed by atoms with Gasteiger partial charge in [-0.3, -0.25) is 0 Å². The van der Waals surface area contributed by atoms with E-state index >= 15 is 0 Å². The maximum Gasteiger partial charge on any atom is 0.241 e. The molecule has 0 radical (unpaired) electrons. The minimum Gasteiger partial charge on any atom is -0.468 e. The molecule has 0 spiro atoms. The van der Waals surface area contributed by atoms with Crippen molar-refractivity contribution in [1.29, 1.82) is 0 Å². The molecule has 4 rings (SSSR count). The number of aryl methyl sites for hydroxylation is 2. The molecule has 6 heteroatoms. The predicted octanol–water partition coefficient (Wildman–Crippen LogP) is 4.16. The number of halogens is 1. The highest BCUT2D eigenvalue weighted by atomic mass is 79.9. The number of hydrogen-bond donors (Lipinski definition) is 1. The molecule has 0 unspecified atom stereocenters. The van der Waals surface area contributed by atoms with E-state index in [0.717, 1.165) is 40.1 Å². The van der Waals surface area contributed by atoms with E-state index in [2.05, 4.69) is 26.7 Å². The molecule has 4 nitrogen and oxygen atoms in total. The molecule has 0 bridgehead atoms. The number of sulfonamides is 1. The van der Waals surface area contributed by atoms with Crippen LogP contribution in [-0.4, -0.2) is 8.42 Å². The average molecular weight is 406 g/mol. The Kier molecular flexibility index (Phi) is 3.98. The molecule has 3 aromatic rings. The zero-order chi connectivity index (χ0) is 16.7. The Balaban J connectivity index is 1.83. The van der Waals surface area contributed by atoms with Crippen LogP contribution in [0, 0.1) is 0 Å². The minimum absolute atomic E-state index is 0.145. The van der Waals surface area contributed by atoms with Crippen LogP contribution in [0.2, 0.25) is 0 Å². The van der Waals surface area contributed by atoms with Crippen molar-refractivity contribution in [3.05, 3.63) is 64.0 Å². The summed E-state index contributed by atoms with van der Waals surface area (Å²) in [6.07, 6.45) is 4.26. The Morgan fingerprint density at radius 2 is 2.04 bits per heavy atom. The Morgan fingerprint density at radius 1 is 1.17 bits per heavy atom. The van der Waals surface area contributed by atoms with Crippen molar-refractivity contribution < 1.29 is 12.8 Å². The summed E-state index contributed by atoms with van der Waals surface area (Å²) >= 11 is 3.54. The Labute approximate surface area is 149 Å². The van der Waals surface area contributed by atoms with Gasteiger partial charge in [0, 0.05) is 4.47 Å². The summed E-state index contributed by atoms with van der Waals surface area (Å²) in [5, 5.41) is 2.16. The van der Waals surface area contributed by atoms with Gasteiger partial charge in [-0.15, -0.1) is 0 Å². The van der Waals surface area contributed by atoms with Crippen molar-refractivity contribution in [2.45, 2.75) is 30.7 Å². The van der Waals surface area contributed by atoms with E-state index in [1.807, 2.05) is 12.1 Å². The third-order valence-corrected chi connectivity index (χ3v) is 6.57. The highest BCUT2D eigenvalue weighted by Crippen LogP contribution is 2.38. The summed E-state index contributed by atoms with van der Waals surface area (Å²) in [5.74, 6) is 0.591. The first-order valence-corrected chi connectivity index (χ1v) is 10.1. The maximum atomic E-state index is 12.9. The zero-order valence-electron chi connectivity index (χ0n) is 12.9. The normalized spacial score (nSPS) is 14.2. The van der Waals surface area contributed by atoms with Gasteiger partial charge in [0.1, 0.15) is 5.76 Å². The van der Waals surface area contributed by atoms with Gasteiger partial charge in [-0.1, -0.05) is 34.1 Å². The molecule has 1 aromatic heterocycles. The van der Waals surface area contributed by atoms with Gasteiger partial charge in [0.25, 0.3) is 0 Å². The van der Waals surface area contributed by atoms with Gasteiger partial charge in [0.05, 0.1) is 17.7 Å². The SMILES string of the molecule is O=S(=O)(NCc1ccco1)c1cc(Br)c2cccc3c2c1CCC3. The molecule has 1 aliphatic rings. The number of rotatable bonds is 4. The second-order valence-electron chi connectivity index (χ2n) is 5.93. The fourth-order valence-electron chi connectivity index (χ4n) is 3.37. The smallest absolute Gasteiger partial charge is 0.241 e. The van der Waals surface area contributed by atoms with Crippen LogP contribution in [0.5, 0.6) is 0 Å². The molecular weight excluding hydrogens is 390 g/mol. The highest BCUT2D eigenvalue weighted by molar-refractivity contribution is 9.10. The van der Waals surface area contributed by atoms with Gasteiger partial charge in [0.15, 0.2) is 0 Å². The maximum absolute atomic E-state index is 12.9. The second kappa shape index (κ2) is 6.02. The number of furan rings is 1. The molecular formula is C18H16BrNO3S. The van der Waals surface area contributed by atoms with Crippen molar-refractivity contribution in [2.24, 2.45) is 0 Å². The third kappa shape index (κ3) is 2.68. The van der Waals surface area contributed by atoms with E-state index < -0.39 is 10.0 Å². The van der Waals surface area contributed by atoms with Gasteiger partial charge in [-0.05, 0) is 59.4 Å². The summed E-state index contributed by atoms with van der Waals surface area (Å²) in [7, 11) is -3.62. The fraction of sp³-hybridized carbons (Fsp3) is 0.222. The molecule has 0 saturated carbocycles. The van der Waals surface area contributed by atoms with Crippen LogP contribution in [0.1, 0.15) is 23.3 Å². The Morgan fingerprint density at radius 3 is 2.83 bits per heavy atom. The number of benzene rings is 2. The first-order valence-electron chi connectivity index (χ1n) is 7.81. The van der Waals surface area contributed by atoms with Crippen LogP contribution in [-0.2, 0) is 29.4 Å². The van der Waals surface area contributed by atoms with Gasteiger partial charge in [0.2, 0.25) is 10.0 Å². The lowest BCUT2D eigenvalue weighted by atomic mass is 9.89. The van der Waals surface area contributed by atoms with Crippen molar-refractivity contribution in [2.75, 3.05) is 0 Å². The minimum atomic E-state index is -3.62. The molecule has 2 aromatic carbocycles. The summed E-state index contributed by atoms with van der Waals surface area (Å²) < 4.78 is 34.4. The third-order valence-electron chi connectivity index (χ3n) is 4.44. The van der Waals surface area contributed by atoms with E-state index in [1.54, 1.807) is 18.2 Å². The monoisotopic (exact) mass is 405 g/mol. The molecule has 1 aliphatic carbocycles. The summed E-state index contributed by atoms with van der Waals surface area (Å²) in [6, 6.07) is 11.4. The lowest BCUT2D eigenvalue weighted by Crippen LogP contribution is -2.25. The van der Waals surface area contributed by atoms with Crippen molar-refractivity contribution in [3.63, 3.8) is 0 Å². The summed E-state index contributed by atoms with van der Waals surface area (Å²) in [4.78, 5) is 0.362. The van der Waals surface area contributed by atoms with Crippen LogP contribution < -0.4 is 4.72 Å². The summed E-state index contributed by atoms with van der Waals surface area (Å²) in [6.45, 7) is 0.145. The quantitative estimate of drug-likeness (QED) is 0.708. The van der Waals surface area contributed by atoms with E-state index in [0.29, 0.717) is 10.7 Å². The molecule has 0 atom stereocenters. The first kappa shape index (κ1) is 15.9. The predicted molar refractivity (Wildman–Crippen MR) is 96.4 cm³/mol. The lowest BCUT2D eigenvalue weighted by Gasteiger charge is -2.21. The Hall–Kier alpha value is -1.63. The molecule has 0 amide bonds. The van der Waals surface area contributed by atoms with Gasteiger partial charge >= 0.3 is 0 Å². The second-order valence-corrected chi connectivity index (χ2v) is 8.52. The summed E-state index contributed by atoms with van der Waals surface area (Å²) in [5.41, 5.74) is 2.14. The standard InChI is InChI=1S/C18H16BrNO3S/c19-16-10-17(24(21,22)20-11-13-6-3-9-23-13)15-8-2-5-12-4-1-7-14(16)18(12)15/h1,3-4,6-7,9-10,20H,2,5,8,11H2. The topological polar surface area (TPSA) is 59.3 Å². The molecule has 0 aliphatic heterocycles. The van der Waals surface area contributed by atoms with Crippen LogP contribution in [0.3, 0.4) is 0 Å². The lowest BCUT2D eigenvalue weighted by molar-refractivity contribution is 0.498. The van der Waals surface area contributed by atoms with Crippen LogP contribution in [0.25, 0.3) is 10.8 Å². The Bertz CT molecular complexity index is 1010. The van der Waals surface area contributed by atoms with Crippen molar-refractivity contribution in [3.8, 4) is 0 Å². The number of nitrogens with one attached hydrogen (secondary N) is 1. The van der Waals surface area contributed by atoms with E-state index in [9.17, 15) is 8.42 Å². The number of hydrogen-bond acceptors (Lipinski definition) is 3. The molecule has 1 heterocycles. The van der Waals surface area contributed by atoms with Crippen LogP contribution in [0.4, 0.5) is 0 Å².